The van der Waals surface area contributed by atoms with Crippen molar-refractivity contribution in [1.82, 2.24) is 10.2 Å². The zero-order valence-corrected chi connectivity index (χ0v) is 15.0. The minimum Gasteiger partial charge on any atom is -0.354 e. The number of ether oxygens (including phenoxy) is 2. The van der Waals surface area contributed by atoms with Crippen molar-refractivity contribution < 1.29 is 19.1 Å². The zero-order chi connectivity index (χ0) is 18.0. The summed E-state index contributed by atoms with van der Waals surface area (Å²) < 4.78 is 11.9. The molecule has 6 heteroatoms. The van der Waals surface area contributed by atoms with Crippen molar-refractivity contribution in [3.05, 3.63) is 35.9 Å². The third kappa shape index (κ3) is 3.70. The average molecular weight is 346 g/mol. The number of fused-ring (bicyclic) bond motifs is 1. The van der Waals surface area contributed by atoms with Crippen molar-refractivity contribution in [3.8, 4) is 0 Å². The third-order valence-corrected chi connectivity index (χ3v) is 4.62. The van der Waals surface area contributed by atoms with E-state index in [0.717, 1.165) is 12.8 Å². The van der Waals surface area contributed by atoms with E-state index >= 15 is 0 Å². The fraction of sp³-hybridized carbons (Fsp3) is 0.579. The summed E-state index contributed by atoms with van der Waals surface area (Å²) in [6, 6.07) is 8.34. The van der Waals surface area contributed by atoms with E-state index in [2.05, 4.69) is 12.2 Å². The molecule has 6 nitrogen and oxygen atoms in total. The third-order valence-electron chi connectivity index (χ3n) is 4.62. The number of likely N-dealkylation sites (tertiary alicyclic amines) is 1. The topological polar surface area (TPSA) is 67.9 Å². The number of amides is 2. The molecule has 2 saturated heterocycles. The van der Waals surface area contributed by atoms with E-state index < -0.39 is 17.9 Å². The minimum absolute atomic E-state index is 0.171. The van der Waals surface area contributed by atoms with Crippen molar-refractivity contribution in [3.63, 3.8) is 0 Å². The Hall–Kier alpha value is -1.92. The van der Waals surface area contributed by atoms with Gasteiger partial charge in [0, 0.05) is 12.1 Å². The van der Waals surface area contributed by atoms with Gasteiger partial charge in [0.25, 0.3) is 5.91 Å². The van der Waals surface area contributed by atoms with Crippen LogP contribution in [0.25, 0.3) is 0 Å². The lowest BCUT2D eigenvalue weighted by molar-refractivity contribution is -0.162. The molecular weight excluding hydrogens is 320 g/mol. The van der Waals surface area contributed by atoms with Crippen LogP contribution in [0.4, 0.5) is 0 Å². The summed E-state index contributed by atoms with van der Waals surface area (Å²) in [6.07, 6.45) is 1.17. The summed E-state index contributed by atoms with van der Waals surface area (Å²) in [4.78, 5) is 27.3. The molecule has 25 heavy (non-hydrogen) atoms. The van der Waals surface area contributed by atoms with Crippen LogP contribution in [0, 0.1) is 0 Å². The molecule has 1 N–H and O–H groups in total. The van der Waals surface area contributed by atoms with Crippen LogP contribution >= 0.6 is 0 Å². The van der Waals surface area contributed by atoms with Crippen LogP contribution in [0.2, 0.25) is 0 Å². The van der Waals surface area contributed by atoms with Crippen molar-refractivity contribution in [1.29, 1.82) is 0 Å². The second kappa shape index (κ2) is 7.14. The normalized spacial score (nSPS) is 27.2. The Kier molecular flexibility index (Phi) is 5.11. The summed E-state index contributed by atoms with van der Waals surface area (Å²) in [5.74, 6) is -1.08. The largest absolute Gasteiger partial charge is 0.354 e. The van der Waals surface area contributed by atoms with E-state index in [1.165, 1.54) is 0 Å². The van der Waals surface area contributed by atoms with Crippen LogP contribution in [-0.2, 0) is 14.3 Å². The van der Waals surface area contributed by atoms with Crippen molar-refractivity contribution >= 4 is 11.8 Å². The van der Waals surface area contributed by atoms with Gasteiger partial charge in [0.05, 0.1) is 6.54 Å². The second-order valence-corrected chi connectivity index (χ2v) is 7.05. The molecule has 0 unspecified atom stereocenters. The van der Waals surface area contributed by atoms with Gasteiger partial charge < -0.3 is 19.7 Å². The van der Waals surface area contributed by atoms with Gasteiger partial charge in [-0.3, -0.25) is 9.59 Å². The Balaban J connectivity index is 1.81. The van der Waals surface area contributed by atoms with Gasteiger partial charge in [-0.05, 0) is 32.4 Å². The Bertz CT molecular complexity index is 632. The Morgan fingerprint density at radius 2 is 1.96 bits per heavy atom. The molecule has 1 aromatic carbocycles. The predicted octanol–water partition coefficient (Wildman–Crippen LogP) is 1.95. The number of hydrogen-bond donors (Lipinski definition) is 1. The van der Waals surface area contributed by atoms with E-state index in [1.54, 1.807) is 17.0 Å². The van der Waals surface area contributed by atoms with E-state index in [9.17, 15) is 9.59 Å². The monoisotopic (exact) mass is 346 g/mol. The number of nitrogens with zero attached hydrogens (tertiary/aromatic N) is 1. The van der Waals surface area contributed by atoms with Gasteiger partial charge >= 0.3 is 0 Å². The molecule has 0 radical (unpaired) electrons. The zero-order valence-electron chi connectivity index (χ0n) is 15.0. The van der Waals surface area contributed by atoms with Gasteiger partial charge in [-0.1, -0.05) is 31.5 Å². The molecule has 3 rings (SSSR count). The second-order valence-electron chi connectivity index (χ2n) is 7.05. The highest BCUT2D eigenvalue weighted by atomic mass is 16.8. The summed E-state index contributed by atoms with van der Waals surface area (Å²) in [7, 11) is 0. The molecule has 0 bridgehead atoms. The van der Waals surface area contributed by atoms with Crippen LogP contribution in [0.3, 0.4) is 0 Å². The van der Waals surface area contributed by atoms with Gasteiger partial charge in [-0.15, -0.1) is 0 Å². The molecule has 2 aliphatic rings. The molecule has 3 atom stereocenters. The smallest absolute Gasteiger partial charge is 0.254 e. The summed E-state index contributed by atoms with van der Waals surface area (Å²) in [5, 5.41) is 2.93. The molecule has 2 heterocycles. The maximum absolute atomic E-state index is 12.9. The first-order chi connectivity index (χ1) is 11.9. The quantitative estimate of drug-likeness (QED) is 0.828. The van der Waals surface area contributed by atoms with Gasteiger partial charge in [-0.25, -0.2) is 0 Å². The first-order valence-corrected chi connectivity index (χ1v) is 8.92. The van der Waals surface area contributed by atoms with Gasteiger partial charge in [0.15, 0.2) is 5.79 Å². The molecule has 0 aromatic heterocycles. The maximum atomic E-state index is 12.9. The van der Waals surface area contributed by atoms with Gasteiger partial charge in [0.1, 0.15) is 18.2 Å². The fourth-order valence-corrected chi connectivity index (χ4v) is 3.50. The molecule has 0 spiro atoms. The lowest BCUT2D eigenvalue weighted by Gasteiger charge is -2.29. The minimum atomic E-state index is -0.737. The predicted molar refractivity (Wildman–Crippen MR) is 93.0 cm³/mol. The summed E-state index contributed by atoms with van der Waals surface area (Å²) in [5.41, 5.74) is 0.563. The number of rotatable bonds is 5. The molecule has 2 aliphatic heterocycles. The molecular formula is C19H26N2O4. The number of carbonyl (C=O) groups excluding carboxylic acids is 2. The van der Waals surface area contributed by atoms with Crippen molar-refractivity contribution in [2.24, 2.45) is 0 Å². The number of carbonyl (C=O) groups is 2. The maximum Gasteiger partial charge on any atom is 0.254 e. The Morgan fingerprint density at radius 3 is 2.64 bits per heavy atom. The summed E-state index contributed by atoms with van der Waals surface area (Å²) >= 11 is 0. The molecule has 2 amide bonds. The first-order valence-electron chi connectivity index (χ1n) is 8.92. The molecule has 136 valence electrons. The molecule has 2 fully saturated rings. The van der Waals surface area contributed by atoms with Crippen molar-refractivity contribution in [2.75, 3.05) is 13.1 Å². The van der Waals surface area contributed by atoms with Crippen LogP contribution in [0.1, 0.15) is 44.0 Å². The lowest BCUT2D eigenvalue weighted by Crippen LogP contribution is -2.51. The van der Waals surface area contributed by atoms with E-state index in [0.29, 0.717) is 18.7 Å². The molecule has 1 aromatic rings. The Morgan fingerprint density at radius 1 is 1.24 bits per heavy atom. The Labute approximate surface area is 148 Å². The SMILES string of the molecule is CCCCNC(=O)[C@@H]1[C@H]2OC(C)(C)O[C@H]2CN1C(=O)c1ccccc1. The fourth-order valence-electron chi connectivity index (χ4n) is 3.50. The average Bonchev–Trinajstić information content (AvgIpc) is 3.06. The highest BCUT2D eigenvalue weighted by molar-refractivity contribution is 5.98. The summed E-state index contributed by atoms with van der Waals surface area (Å²) in [6.45, 7) is 6.69. The highest BCUT2D eigenvalue weighted by Crippen LogP contribution is 2.37. The molecule has 0 aliphatic carbocycles. The number of benzene rings is 1. The van der Waals surface area contributed by atoms with Gasteiger partial charge in [0.2, 0.25) is 5.91 Å². The number of nitrogens with one attached hydrogen (secondary N) is 1. The van der Waals surface area contributed by atoms with Crippen LogP contribution in [0.15, 0.2) is 30.3 Å². The lowest BCUT2D eigenvalue weighted by atomic mass is 10.1. The van der Waals surface area contributed by atoms with Crippen LogP contribution in [-0.4, -0.2) is 53.8 Å². The first kappa shape index (κ1) is 17.9. The number of unbranched alkanes of at least 4 members (excludes halogenated alkanes) is 1. The van der Waals surface area contributed by atoms with Crippen LogP contribution < -0.4 is 5.32 Å². The van der Waals surface area contributed by atoms with Crippen LogP contribution in [0.5, 0.6) is 0 Å². The van der Waals surface area contributed by atoms with Gasteiger partial charge in [-0.2, -0.15) is 0 Å². The van der Waals surface area contributed by atoms with E-state index in [1.807, 2.05) is 32.0 Å². The van der Waals surface area contributed by atoms with Crippen molar-refractivity contribution in [2.45, 2.75) is 57.6 Å². The highest BCUT2D eigenvalue weighted by Gasteiger charge is 2.56. The van der Waals surface area contributed by atoms with E-state index in [4.69, 9.17) is 9.47 Å². The number of hydrogen-bond acceptors (Lipinski definition) is 4. The molecule has 0 saturated carbocycles. The van der Waals surface area contributed by atoms with E-state index in [-0.39, 0.29) is 17.9 Å². The standard InChI is InChI=1S/C19H26N2O4/c1-4-5-11-20-17(22)15-16-14(24-19(2,3)25-16)12-21(15)18(23)13-9-7-6-8-10-13/h6-10,14-16H,4-5,11-12H2,1-3H3,(H,20,22)/t14-,15-,16-/m0/s1.